The molecule has 2 bridgehead atoms. The Morgan fingerprint density at radius 3 is 2.42 bits per heavy atom. The van der Waals surface area contributed by atoms with Crippen LogP contribution in [-0.4, -0.2) is 85.3 Å². The predicted octanol–water partition coefficient (Wildman–Crippen LogP) is 5.87. The number of nitrogens with one attached hydrogen (secondary N) is 1. The van der Waals surface area contributed by atoms with E-state index in [1.807, 2.05) is 24.3 Å². The number of methoxy groups -OCH3 is 1. The van der Waals surface area contributed by atoms with E-state index in [1.54, 1.807) is 13.2 Å². The highest BCUT2D eigenvalue weighted by molar-refractivity contribution is 7.87. The second-order valence-electron chi connectivity index (χ2n) is 15.9. The molecule has 2 saturated carbocycles. The minimum absolute atomic E-state index is 0.0534. The van der Waals surface area contributed by atoms with Gasteiger partial charge in [0, 0.05) is 80.3 Å². The van der Waals surface area contributed by atoms with Gasteiger partial charge < -0.3 is 14.2 Å². The van der Waals surface area contributed by atoms with Crippen LogP contribution in [0.3, 0.4) is 0 Å². The SMILES string of the molecule is COc1ccc2c(c1)C1CC1(C(=O)N1C3CC1CN(Cc1ccccc1)C3)Cn1c-2c(C2CCCCC2)c2ccc(C(=O)NS(=O)(=O)N(C)C)cc21. The Balaban J connectivity index is 1.14. The monoisotopic (exact) mass is 721 g/mol. The zero-order valence-corrected chi connectivity index (χ0v) is 31.0. The van der Waals surface area contributed by atoms with Crippen molar-refractivity contribution in [3.63, 3.8) is 0 Å². The number of benzene rings is 3. The number of piperidine rings is 1. The van der Waals surface area contributed by atoms with Gasteiger partial charge >= 0.3 is 10.2 Å². The van der Waals surface area contributed by atoms with Gasteiger partial charge in [0.1, 0.15) is 5.75 Å². The number of ether oxygens (including phenoxy) is 1. The number of nitrogens with zero attached hydrogens (tertiary/aromatic N) is 4. The largest absolute Gasteiger partial charge is 0.497 e. The van der Waals surface area contributed by atoms with Gasteiger partial charge in [-0.2, -0.15) is 12.7 Å². The molecule has 3 aromatic carbocycles. The van der Waals surface area contributed by atoms with Crippen LogP contribution < -0.4 is 9.46 Å². The number of rotatable bonds is 8. The first-order valence-corrected chi connectivity index (χ1v) is 20.2. The summed E-state index contributed by atoms with van der Waals surface area (Å²) in [6.45, 7) is 3.16. The Labute approximate surface area is 305 Å². The van der Waals surface area contributed by atoms with Crippen LogP contribution in [-0.2, 0) is 28.1 Å². The standard InChI is InChI=1S/C41H47N5O5S/c1-43(2)52(49,50)42-39(47)28-14-16-33-36(18-28)45-25-41(40(48)46-29-19-30(46)24-44(23-29)22-26-10-6-4-7-11-26)21-35(41)34-20-31(51-3)15-17-32(34)38(45)37(33)27-12-8-5-9-13-27/h4,6-7,10-11,14-18,20,27,29-30,35H,5,8-9,12-13,19,21-25H2,1-3H3,(H,42,47). The van der Waals surface area contributed by atoms with Crippen molar-refractivity contribution in [2.75, 3.05) is 34.3 Å². The van der Waals surface area contributed by atoms with Gasteiger partial charge in [0.15, 0.2) is 0 Å². The first kappa shape index (κ1) is 33.6. The number of hydrogen-bond acceptors (Lipinski definition) is 6. The number of hydrogen-bond donors (Lipinski definition) is 1. The van der Waals surface area contributed by atoms with Crippen molar-refractivity contribution < 1.29 is 22.7 Å². The smallest absolute Gasteiger partial charge is 0.303 e. The molecule has 0 radical (unpaired) electrons. The summed E-state index contributed by atoms with van der Waals surface area (Å²) in [5.74, 6) is 0.758. The number of carbonyl (C=O) groups is 2. The van der Waals surface area contributed by atoms with E-state index in [0.29, 0.717) is 12.5 Å². The highest BCUT2D eigenvalue weighted by Crippen LogP contribution is 2.67. The maximum atomic E-state index is 15.1. The Bertz CT molecular complexity index is 2180. The van der Waals surface area contributed by atoms with Crippen molar-refractivity contribution in [1.82, 2.24) is 23.4 Å². The van der Waals surface area contributed by atoms with E-state index in [2.05, 4.69) is 55.5 Å². The lowest BCUT2D eigenvalue weighted by Gasteiger charge is -2.57. The van der Waals surface area contributed by atoms with Crippen molar-refractivity contribution in [3.8, 4) is 17.0 Å². The van der Waals surface area contributed by atoms with Gasteiger partial charge in [0.05, 0.1) is 18.2 Å². The van der Waals surface area contributed by atoms with E-state index < -0.39 is 21.5 Å². The van der Waals surface area contributed by atoms with E-state index >= 15 is 4.79 Å². The fourth-order valence-electron chi connectivity index (χ4n) is 9.95. The number of carbonyl (C=O) groups excluding carboxylic acids is 2. The third kappa shape index (κ3) is 5.38. The van der Waals surface area contributed by atoms with E-state index in [0.717, 1.165) is 83.1 Å². The molecule has 11 heteroatoms. The Hall–Kier alpha value is -4.19. The van der Waals surface area contributed by atoms with Gasteiger partial charge in [-0.25, -0.2) is 4.72 Å². The molecule has 10 nitrogen and oxygen atoms in total. The lowest BCUT2D eigenvalue weighted by atomic mass is 9.81. The van der Waals surface area contributed by atoms with Gasteiger partial charge in [-0.3, -0.25) is 14.5 Å². The predicted molar refractivity (Wildman–Crippen MR) is 200 cm³/mol. The fraction of sp³-hybridized carbons (Fsp3) is 0.463. The van der Waals surface area contributed by atoms with Gasteiger partial charge in [-0.1, -0.05) is 55.7 Å². The van der Waals surface area contributed by atoms with Crippen LogP contribution in [0.15, 0.2) is 66.7 Å². The van der Waals surface area contributed by atoms with Crippen molar-refractivity contribution in [3.05, 3.63) is 89.0 Å². The van der Waals surface area contributed by atoms with Gasteiger partial charge in [-0.15, -0.1) is 0 Å². The Morgan fingerprint density at radius 2 is 1.71 bits per heavy atom. The number of fused-ring (bicyclic) bond motifs is 9. The summed E-state index contributed by atoms with van der Waals surface area (Å²) in [5, 5.41) is 1.08. The van der Waals surface area contributed by atoms with Gasteiger partial charge in [-0.05, 0) is 78.6 Å². The summed E-state index contributed by atoms with van der Waals surface area (Å²) in [5.41, 5.74) is 6.55. The lowest BCUT2D eigenvalue weighted by Crippen LogP contribution is -2.71. The van der Waals surface area contributed by atoms with E-state index in [1.165, 1.54) is 44.5 Å². The molecular weight excluding hydrogens is 675 g/mol. The van der Waals surface area contributed by atoms with Gasteiger partial charge in [0.2, 0.25) is 5.91 Å². The molecule has 4 unspecified atom stereocenters. The molecule has 10 rings (SSSR count). The lowest BCUT2D eigenvalue weighted by molar-refractivity contribution is -0.161. The highest BCUT2D eigenvalue weighted by atomic mass is 32.2. The average Bonchev–Trinajstić information content (AvgIpc) is 3.82. The van der Waals surface area contributed by atoms with Crippen LogP contribution in [0.25, 0.3) is 22.2 Å². The van der Waals surface area contributed by atoms with E-state index in [-0.39, 0.29) is 29.5 Å². The fourth-order valence-corrected chi connectivity index (χ4v) is 10.5. The third-order valence-corrected chi connectivity index (χ3v) is 14.1. The molecule has 2 amide bonds. The number of amides is 2. The summed E-state index contributed by atoms with van der Waals surface area (Å²) in [7, 11) is 0.503. The quantitative estimate of drug-likeness (QED) is 0.244. The average molecular weight is 722 g/mol. The van der Waals surface area contributed by atoms with E-state index in [9.17, 15) is 13.2 Å². The van der Waals surface area contributed by atoms with Crippen LogP contribution in [0.4, 0.5) is 0 Å². The zero-order valence-electron chi connectivity index (χ0n) is 30.2. The molecule has 4 aliphatic heterocycles. The molecule has 272 valence electrons. The summed E-state index contributed by atoms with van der Waals surface area (Å²) >= 11 is 0. The molecule has 6 aliphatic rings. The molecule has 0 spiro atoms. The van der Waals surface area contributed by atoms with Crippen LogP contribution >= 0.6 is 0 Å². The molecule has 3 saturated heterocycles. The number of piperazine rings is 1. The Kier molecular flexibility index (Phi) is 8.06. The zero-order chi connectivity index (χ0) is 35.9. The van der Waals surface area contributed by atoms with Crippen LogP contribution in [0.5, 0.6) is 5.75 Å². The summed E-state index contributed by atoms with van der Waals surface area (Å²) in [6.07, 6.45) is 7.53. The summed E-state index contributed by atoms with van der Waals surface area (Å²) in [4.78, 5) is 33.3. The second-order valence-corrected chi connectivity index (χ2v) is 17.8. The first-order valence-electron chi connectivity index (χ1n) is 18.8. The normalized spacial score (nSPS) is 25.5. The first-order chi connectivity index (χ1) is 25.1. The minimum Gasteiger partial charge on any atom is -0.497 e. The molecule has 2 aliphatic carbocycles. The molecular formula is C41H47N5O5S. The summed E-state index contributed by atoms with van der Waals surface area (Å²) in [6, 6.07) is 22.9. The van der Waals surface area contributed by atoms with Gasteiger partial charge in [0.25, 0.3) is 5.91 Å². The summed E-state index contributed by atoms with van der Waals surface area (Å²) < 4.78 is 36.6. The molecule has 1 aromatic heterocycles. The van der Waals surface area contributed by atoms with Crippen LogP contribution in [0.1, 0.15) is 83.8 Å². The van der Waals surface area contributed by atoms with Crippen LogP contribution in [0, 0.1) is 5.41 Å². The molecule has 1 N–H and O–H groups in total. The molecule has 52 heavy (non-hydrogen) atoms. The second kappa shape index (κ2) is 12.5. The number of aromatic nitrogens is 1. The molecule has 5 fully saturated rings. The van der Waals surface area contributed by atoms with E-state index in [4.69, 9.17) is 4.74 Å². The van der Waals surface area contributed by atoms with Crippen molar-refractivity contribution in [1.29, 1.82) is 0 Å². The van der Waals surface area contributed by atoms with Crippen molar-refractivity contribution in [2.24, 2.45) is 5.41 Å². The topological polar surface area (TPSA) is 104 Å². The van der Waals surface area contributed by atoms with Crippen molar-refractivity contribution >= 4 is 32.9 Å². The van der Waals surface area contributed by atoms with Crippen molar-refractivity contribution in [2.45, 2.75) is 82.0 Å². The molecule has 4 atom stereocenters. The maximum Gasteiger partial charge on any atom is 0.303 e. The molecule has 4 aromatic rings. The van der Waals surface area contributed by atoms with Crippen LogP contribution in [0.2, 0.25) is 0 Å². The Morgan fingerprint density at radius 1 is 0.962 bits per heavy atom. The highest BCUT2D eigenvalue weighted by Gasteiger charge is 2.66. The minimum atomic E-state index is -3.98. The molecule has 5 heterocycles. The maximum absolute atomic E-state index is 15.1. The third-order valence-electron chi connectivity index (χ3n) is 12.7.